The van der Waals surface area contributed by atoms with E-state index in [1.54, 1.807) is 5.43 Å². The molecule has 0 radical (unpaired) electrons. The Kier molecular flexibility index (Phi) is 3.74. The Labute approximate surface area is 99.6 Å². The topological polar surface area (TPSA) is 151 Å². The molecule has 0 saturated carbocycles. The summed E-state index contributed by atoms with van der Waals surface area (Å²) in [5.74, 6) is 3.44. The molecule has 18 heavy (non-hydrogen) atoms. The third kappa shape index (κ3) is 2.32. The van der Waals surface area contributed by atoms with Crippen molar-refractivity contribution in [2.24, 2.45) is 5.84 Å². The molecule has 0 saturated heterocycles. The Balaban J connectivity index is 3.58. The van der Waals surface area contributed by atoms with E-state index in [0.29, 0.717) is 0 Å². The highest BCUT2D eigenvalue weighted by Crippen LogP contribution is 2.37. The molecule has 0 unspecified atom stereocenters. The molecule has 0 aliphatic rings. The van der Waals surface area contributed by atoms with Gasteiger partial charge in [-0.1, -0.05) is 0 Å². The first-order chi connectivity index (χ1) is 8.42. The highest BCUT2D eigenvalue weighted by atomic mass is 16.6. The SMILES string of the molecule is COc1c([N+](=O)[O-])cc(C(=O)NN)cc1[N+](=O)[O-]. The number of benzene rings is 1. The lowest BCUT2D eigenvalue weighted by molar-refractivity contribution is -0.395. The number of hydrogen-bond acceptors (Lipinski definition) is 7. The van der Waals surface area contributed by atoms with E-state index in [-0.39, 0.29) is 5.56 Å². The summed E-state index contributed by atoms with van der Waals surface area (Å²) in [4.78, 5) is 31.0. The Bertz CT molecular complexity index is 493. The summed E-state index contributed by atoms with van der Waals surface area (Å²) >= 11 is 0. The average Bonchev–Trinajstić information content (AvgIpc) is 2.35. The fourth-order valence-electron chi connectivity index (χ4n) is 1.29. The second kappa shape index (κ2) is 5.05. The molecule has 96 valence electrons. The fraction of sp³-hybridized carbons (Fsp3) is 0.125. The molecular formula is C8H8N4O6. The largest absolute Gasteiger partial charge is 0.485 e. The van der Waals surface area contributed by atoms with Gasteiger partial charge in [0.1, 0.15) is 0 Å². The average molecular weight is 256 g/mol. The number of amides is 1. The molecule has 0 aliphatic carbocycles. The number of nitrogens with two attached hydrogens (primary N) is 1. The number of rotatable bonds is 4. The number of nitrogens with zero attached hydrogens (tertiary/aromatic N) is 2. The summed E-state index contributed by atoms with van der Waals surface area (Å²) in [6.07, 6.45) is 0. The monoisotopic (exact) mass is 256 g/mol. The summed E-state index contributed by atoms with van der Waals surface area (Å²) in [5, 5.41) is 21.5. The Hall–Kier alpha value is -2.75. The van der Waals surface area contributed by atoms with E-state index < -0.39 is 32.9 Å². The van der Waals surface area contributed by atoms with Gasteiger partial charge >= 0.3 is 11.4 Å². The standard InChI is InChI=1S/C8H8N4O6/c1-18-7-5(11(14)15)2-4(8(13)10-9)3-6(7)12(16)17/h2-3H,9H2,1H3,(H,10,13). The van der Waals surface area contributed by atoms with Gasteiger partial charge in [0.15, 0.2) is 0 Å². The Morgan fingerprint density at radius 2 is 1.72 bits per heavy atom. The van der Waals surface area contributed by atoms with Crippen molar-refractivity contribution in [1.29, 1.82) is 0 Å². The van der Waals surface area contributed by atoms with Gasteiger partial charge in [0.05, 0.1) is 22.5 Å². The van der Waals surface area contributed by atoms with Gasteiger partial charge in [-0.05, 0) is 0 Å². The van der Waals surface area contributed by atoms with Crippen molar-refractivity contribution in [2.75, 3.05) is 7.11 Å². The van der Waals surface area contributed by atoms with Gasteiger partial charge in [-0.25, -0.2) is 5.84 Å². The number of hydrazine groups is 1. The van der Waals surface area contributed by atoms with E-state index >= 15 is 0 Å². The van der Waals surface area contributed by atoms with Gasteiger partial charge in [0, 0.05) is 12.1 Å². The van der Waals surface area contributed by atoms with Crippen LogP contribution in [0.3, 0.4) is 0 Å². The molecule has 0 bridgehead atoms. The minimum Gasteiger partial charge on any atom is -0.485 e. The zero-order chi connectivity index (χ0) is 13.9. The van der Waals surface area contributed by atoms with E-state index in [9.17, 15) is 25.0 Å². The van der Waals surface area contributed by atoms with Crippen molar-refractivity contribution in [2.45, 2.75) is 0 Å². The van der Waals surface area contributed by atoms with E-state index in [4.69, 9.17) is 5.84 Å². The number of carbonyl (C=O) groups is 1. The third-order valence-corrected chi connectivity index (χ3v) is 2.04. The van der Waals surface area contributed by atoms with Gasteiger partial charge in [0.2, 0.25) is 0 Å². The lowest BCUT2D eigenvalue weighted by atomic mass is 10.1. The molecule has 0 heterocycles. The van der Waals surface area contributed by atoms with Gasteiger partial charge in [0.25, 0.3) is 11.7 Å². The molecule has 3 N–H and O–H groups in total. The van der Waals surface area contributed by atoms with Crippen LogP contribution in [0.4, 0.5) is 11.4 Å². The van der Waals surface area contributed by atoms with Crippen LogP contribution in [0.1, 0.15) is 10.4 Å². The van der Waals surface area contributed by atoms with Crippen molar-refractivity contribution in [3.63, 3.8) is 0 Å². The van der Waals surface area contributed by atoms with Gasteiger partial charge in [-0.3, -0.25) is 30.4 Å². The zero-order valence-corrected chi connectivity index (χ0v) is 9.08. The lowest BCUT2D eigenvalue weighted by Gasteiger charge is -2.05. The Morgan fingerprint density at radius 3 is 2.00 bits per heavy atom. The van der Waals surface area contributed by atoms with Crippen LogP contribution in [0.5, 0.6) is 5.75 Å². The number of hydrogen-bond donors (Lipinski definition) is 2. The molecule has 0 aliphatic heterocycles. The first-order valence-electron chi connectivity index (χ1n) is 4.44. The molecule has 0 atom stereocenters. The normalized spacial score (nSPS) is 9.67. The van der Waals surface area contributed by atoms with Crippen LogP contribution in [0.25, 0.3) is 0 Å². The molecule has 1 rings (SSSR count). The van der Waals surface area contributed by atoms with Crippen LogP contribution in [-0.2, 0) is 0 Å². The molecule has 1 aromatic carbocycles. The summed E-state index contributed by atoms with van der Waals surface area (Å²) in [7, 11) is 1.05. The number of carbonyl (C=O) groups excluding carboxylic acids is 1. The first kappa shape index (κ1) is 13.3. The molecule has 0 fully saturated rings. The van der Waals surface area contributed by atoms with Gasteiger partial charge in [-0.2, -0.15) is 0 Å². The summed E-state index contributed by atoms with van der Waals surface area (Å²) < 4.78 is 4.62. The minimum absolute atomic E-state index is 0.309. The maximum Gasteiger partial charge on any atom is 0.319 e. The molecule has 1 aromatic rings. The summed E-state index contributed by atoms with van der Waals surface area (Å²) in [5.41, 5.74) is 0.0384. The van der Waals surface area contributed by atoms with Crippen molar-refractivity contribution in [3.8, 4) is 5.75 Å². The third-order valence-electron chi connectivity index (χ3n) is 2.04. The molecule has 1 amide bonds. The maximum absolute atomic E-state index is 11.2. The molecule has 0 spiro atoms. The lowest BCUT2D eigenvalue weighted by Crippen LogP contribution is -2.30. The van der Waals surface area contributed by atoms with Gasteiger partial charge in [-0.15, -0.1) is 0 Å². The smallest absolute Gasteiger partial charge is 0.319 e. The molecule has 10 heteroatoms. The minimum atomic E-state index is -0.890. The van der Waals surface area contributed by atoms with Crippen molar-refractivity contribution >= 4 is 17.3 Å². The predicted octanol–water partition coefficient (Wildman–Crippen LogP) is 0.115. The summed E-state index contributed by atoms with van der Waals surface area (Å²) in [6.45, 7) is 0. The zero-order valence-electron chi connectivity index (χ0n) is 9.08. The van der Waals surface area contributed by atoms with Crippen LogP contribution < -0.4 is 16.0 Å². The van der Waals surface area contributed by atoms with Crippen molar-refractivity contribution in [1.82, 2.24) is 5.43 Å². The number of nitro groups is 2. The summed E-state index contributed by atoms with van der Waals surface area (Å²) in [6, 6.07) is 1.68. The van der Waals surface area contributed by atoms with Gasteiger partial charge < -0.3 is 4.74 Å². The fourth-order valence-corrected chi connectivity index (χ4v) is 1.29. The van der Waals surface area contributed by atoms with Crippen LogP contribution in [0, 0.1) is 20.2 Å². The maximum atomic E-state index is 11.2. The van der Waals surface area contributed by atoms with Crippen LogP contribution in [0.2, 0.25) is 0 Å². The van der Waals surface area contributed by atoms with E-state index in [2.05, 4.69) is 4.74 Å². The van der Waals surface area contributed by atoms with E-state index in [0.717, 1.165) is 19.2 Å². The van der Waals surface area contributed by atoms with E-state index in [1.165, 1.54) is 0 Å². The number of nitrogens with one attached hydrogen (secondary N) is 1. The van der Waals surface area contributed by atoms with E-state index in [1.807, 2.05) is 0 Å². The second-order valence-electron chi connectivity index (χ2n) is 3.04. The van der Waals surface area contributed by atoms with Crippen LogP contribution in [-0.4, -0.2) is 22.9 Å². The quantitative estimate of drug-likeness (QED) is 0.336. The predicted molar refractivity (Wildman–Crippen MR) is 58.0 cm³/mol. The highest BCUT2D eigenvalue weighted by molar-refractivity contribution is 5.96. The molecule has 0 aromatic heterocycles. The van der Waals surface area contributed by atoms with Crippen LogP contribution >= 0.6 is 0 Å². The number of methoxy groups -OCH3 is 1. The Morgan fingerprint density at radius 1 is 1.28 bits per heavy atom. The number of ether oxygens (including phenoxy) is 1. The molecule has 10 nitrogen and oxygen atoms in total. The highest BCUT2D eigenvalue weighted by Gasteiger charge is 2.29. The number of nitro benzene ring substituents is 2. The first-order valence-corrected chi connectivity index (χ1v) is 4.44. The van der Waals surface area contributed by atoms with Crippen molar-refractivity contribution in [3.05, 3.63) is 37.9 Å². The van der Waals surface area contributed by atoms with Crippen LogP contribution in [0.15, 0.2) is 12.1 Å². The number of nitrogen functional groups attached to an aromatic ring is 1. The molecular weight excluding hydrogens is 248 g/mol. The van der Waals surface area contributed by atoms with Crippen molar-refractivity contribution < 1.29 is 19.4 Å². The second-order valence-corrected chi connectivity index (χ2v) is 3.04.